The Kier molecular flexibility index (Phi) is 5.55. The van der Waals surface area contributed by atoms with Crippen molar-refractivity contribution in [1.82, 2.24) is 14.9 Å². The van der Waals surface area contributed by atoms with Crippen molar-refractivity contribution in [2.75, 3.05) is 26.3 Å². The number of hydrogen-bond donors (Lipinski definition) is 1. The molecule has 1 aliphatic heterocycles. The summed E-state index contributed by atoms with van der Waals surface area (Å²) in [6.45, 7) is 9.39. The molecule has 7 nitrogen and oxygen atoms in total. The highest BCUT2D eigenvalue weighted by Gasteiger charge is 2.54. The summed E-state index contributed by atoms with van der Waals surface area (Å²) in [6, 6.07) is 8.46. The van der Waals surface area contributed by atoms with Crippen LogP contribution >= 0.6 is 0 Å². The van der Waals surface area contributed by atoms with Crippen LogP contribution in [0, 0.1) is 18.8 Å². The van der Waals surface area contributed by atoms with Gasteiger partial charge in [0.25, 0.3) is 0 Å². The summed E-state index contributed by atoms with van der Waals surface area (Å²) in [5, 5.41) is 13.0. The Balaban J connectivity index is 1.39. The van der Waals surface area contributed by atoms with E-state index >= 15 is 0 Å². The maximum absolute atomic E-state index is 11.9. The van der Waals surface area contributed by atoms with Gasteiger partial charge in [0.2, 0.25) is 5.88 Å². The standard InChI is InChI=1S/C25H31N3O4/c1-4-30-23-19(12-26-24(27-23)31-5-2)25(29)11-10-17-13-28(14-20(17)25)15-22-16(3)18-8-6-7-9-21(18)32-22/h6-9,12,17,20,29H,4-5,10-11,13-15H2,1-3H3/t17-,20+,25+/m0/s1. The van der Waals surface area contributed by atoms with E-state index in [1.54, 1.807) is 6.20 Å². The Bertz CT molecular complexity index is 1110. The van der Waals surface area contributed by atoms with Crippen LogP contribution in [-0.2, 0) is 12.1 Å². The van der Waals surface area contributed by atoms with Crippen molar-refractivity contribution in [2.24, 2.45) is 11.8 Å². The second-order valence-corrected chi connectivity index (χ2v) is 8.91. The third-order valence-corrected chi connectivity index (χ3v) is 7.09. The molecule has 5 rings (SSSR count). The minimum atomic E-state index is -1.00. The third-order valence-electron chi connectivity index (χ3n) is 7.09. The average Bonchev–Trinajstić information content (AvgIpc) is 3.43. The second kappa shape index (κ2) is 8.37. The Labute approximate surface area is 188 Å². The van der Waals surface area contributed by atoms with Crippen molar-refractivity contribution in [1.29, 1.82) is 0 Å². The number of nitrogens with zero attached hydrogens (tertiary/aromatic N) is 3. The number of furan rings is 1. The van der Waals surface area contributed by atoms with Gasteiger partial charge in [0.05, 0.1) is 25.3 Å². The zero-order chi connectivity index (χ0) is 22.3. The summed E-state index contributed by atoms with van der Waals surface area (Å²) in [4.78, 5) is 11.2. The molecule has 0 radical (unpaired) electrons. The zero-order valence-electron chi connectivity index (χ0n) is 19.0. The number of hydrogen-bond acceptors (Lipinski definition) is 7. The van der Waals surface area contributed by atoms with Gasteiger partial charge in [-0.25, -0.2) is 4.98 Å². The molecule has 2 aromatic heterocycles. The van der Waals surface area contributed by atoms with Gasteiger partial charge in [-0.05, 0) is 51.2 Å². The fourth-order valence-corrected chi connectivity index (χ4v) is 5.52. The summed E-state index contributed by atoms with van der Waals surface area (Å²) >= 11 is 0. The molecule has 32 heavy (non-hydrogen) atoms. The van der Waals surface area contributed by atoms with Crippen LogP contribution in [0.4, 0.5) is 0 Å². The van der Waals surface area contributed by atoms with Gasteiger partial charge in [-0.3, -0.25) is 4.90 Å². The quantitative estimate of drug-likeness (QED) is 0.597. The molecule has 7 heteroatoms. The van der Waals surface area contributed by atoms with E-state index in [4.69, 9.17) is 13.9 Å². The van der Waals surface area contributed by atoms with Crippen molar-refractivity contribution in [3.8, 4) is 11.9 Å². The highest BCUT2D eigenvalue weighted by molar-refractivity contribution is 5.81. The van der Waals surface area contributed by atoms with Crippen LogP contribution in [0.25, 0.3) is 11.0 Å². The Hall–Kier alpha value is -2.64. The molecule has 1 aromatic carbocycles. The molecule has 3 heterocycles. The lowest BCUT2D eigenvalue weighted by molar-refractivity contribution is -0.0103. The van der Waals surface area contributed by atoms with Crippen LogP contribution in [0.2, 0.25) is 0 Å². The topological polar surface area (TPSA) is 80.9 Å². The van der Waals surface area contributed by atoms with Crippen LogP contribution in [0.3, 0.4) is 0 Å². The molecule has 3 atom stereocenters. The minimum Gasteiger partial charge on any atom is -0.478 e. The molecular formula is C25H31N3O4. The number of benzene rings is 1. The largest absolute Gasteiger partial charge is 0.478 e. The van der Waals surface area contributed by atoms with Crippen LogP contribution in [0.5, 0.6) is 11.9 Å². The summed E-state index contributed by atoms with van der Waals surface area (Å²) in [6.07, 6.45) is 3.35. The van der Waals surface area contributed by atoms with Gasteiger partial charge in [0, 0.05) is 30.6 Å². The molecule has 2 fully saturated rings. The molecule has 0 bridgehead atoms. The van der Waals surface area contributed by atoms with Crippen molar-refractivity contribution in [3.05, 3.63) is 47.3 Å². The van der Waals surface area contributed by atoms with E-state index in [0.29, 0.717) is 37.0 Å². The zero-order valence-corrected chi connectivity index (χ0v) is 19.0. The van der Waals surface area contributed by atoms with Crippen molar-refractivity contribution < 1.29 is 19.0 Å². The lowest BCUT2D eigenvalue weighted by atomic mass is 9.83. The molecule has 3 aromatic rings. The maximum atomic E-state index is 11.9. The first-order chi connectivity index (χ1) is 15.5. The van der Waals surface area contributed by atoms with E-state index in [2.05, 4.69) is 27.9 Å². The lowest BCUT2D eigenvalue weighted by Gasteiger charge is -2.31. The van der Waals surface area contributed by atoms with Gasteiger partial charge in [-0.2, -0.15) is 4.98 Å². The summed E-state index contributed by atoms with van der Waals surface area (Å²) < 4.78 is 17.4. The first-order valence-electron chi connectivity index (χ1n) is 11.6. The number of aliphatic hydroxyl groups is 1. The summed E-state index contributed by atoms with van der Waals surface area (Å²) in [5.41, 5.74) is 1.81. The van der Waals surface area contributed by atoms with Crippen LogP contribution in [-0.4, -0.2) is 46.3 Å². The smallest absolute Gasteiger partial charge is 0.319 e. The normalized spacial score (nSPS) is 25.4. The van der Waals surface area contributed by atoms with Crippen LogP contribution in [0.1, 0.15) is 43.6 Å². The number of para-hydroxylation sites is 1. The molecule has 1 saturated carbocycles. The Morgan fingerprint density at radius 1 is 1.19 bits per heavy atom. The van der Waals surface area contributed by atoms with Gasteiger partial charge in [0.1, 0.15) is 16.9 Å². The minimum absolute atomic E-state index is 0.105. The molecule has 170 valence electrons. The molecular weight excluding hydrogens is 406 g/mol. The molecule has 0 amide bonds. The highest BCUT2D eigenvalue weighted by Crippen LogP contribution is 2.52. The number of ether oxygens (including phenoxy) is 2. The molecule has 1 aliphatic carbocycles. The number of rotatable bonds is 7. The van der Waals surface area contributed by atoms with E-state index in [-0.39, 0.29) is 11.9 Å². The van der Waals surface area contributed by atoms with Crippen molar-refractivity contribution in [2.45, 2.75) is 45.8 Å². The predicted molar refractivity (Wildman–Crippen MR) is 121 cm³/mol. The second-order valence-electron chi connectivity index (χ2n) is 8.91. The first-order valence-corrected chi connectivity index (χ1v) is 11.6. The Morgan fingerprint density at radius 3 is 2.78 bits per heavy atom. The molecule has 0 spiro atoms. The van der Waals surface area contributed by atoms with E-state index in [1.165, 1.54) is 10.9 Å². The number of aromatic nitrogens is 2. The number of aryl methyl sites for hydroxylation is 1. The number of likely N-dealkylation sites (tertiary alicyclic amines) is 1. The molecule has 0 unspecified atom stereocenters. The number of fused-ring (bicyclic) bond motifs is 2. The fraction of sp³-hybridized carbons (Fsp3) is 0.520. The van der Waals surface area contributed by atoms with E-state index in [0.717, 1.165) is 37.4 Å². The van der Waals surface area contributed by atoms with Gasteiger partial charge in [-0.1, -0.05) is 18.2 Å². The van der Waals surface area contributed by atoms with Gasteiger partial charge < -0.3 is 19.0 Å². The van der Waals surface area contributed by atoms with Crippen molar-refractivity contribution in [3.63, 3.8) is 0 Å². The average molecular weight is 438 g/mol. The van der Waals surface area contributed by atoms with Crippen molar-refractivity contribution >= 4 is 11.0 Å². The molecule has 1 saturated heterocycles. The summed E-state index contributed by atoms with van der Waals surface area (Å²) in [7, 11) is 0. The van der Waals surface area contributed by atoms with Gasteiger partial charge in [0.15, 0.2) is 0 Å². The predicted octanol–water partition coefficient (Wildman–Crippen LogP) is 4.06. The van der Waals surface area contributed by atoms with E-state index in [1.807, 2.05) is 32.0 Å². The lowest BCUT2D eigenvalue weighted by Crippen LogP contribution is -2.35. The fourth-order valence-electron chi connectivity index (χ4n) is 5.52. The van der Waals surface area contributed by atoms with Gasteiger partial charge in [-0.15, -0.1) is 0 Å². The SMILES string of the molecule is CCOc1ncc([C@]2(O)CC[C@H]3CN(Cc4oc5ccccc5c4C)C[C@H]32)c(OCC)n1. The third kappa shape index (κ3) is 3.53. The van der Waals surface area contributed by atoms with Gasteiger partial charge >= 0.3 is 6.01 Å². The molecule has 1 N–H and O–H groups in total. The molecule has 2 aliphatic rings. The van der Waals surface area contributed by atoms with E-state index in [9.17, 15) is 5.11 Å². The Morgan fingerprint density at radius 2 is 2.00 bits per heavy atom. The highest BCUT2D eigenvalue weighted by atomic mass is 16.5. The monoisotopic (exact) mass is 437 g/mol. The van der Waals surface area contributed by atoms with E-state index < -0.39 is 5.60 Å². The maximum Gasteiger partial charge on any atom is 0.319 e. The van der Waals surface area contributed by atoms with Crippen LogP contribution < -0.4 is 9.47 Å². The summed E-state index contributed by atoms with van der Waals surface area (Å²) in [5.74, 6) is 1.97. The van der Waals surface area contributed by atoms with Crippen LogP contribution in [0.15, 0.2) is 34.9 Å². The first kappa shape index (κ1) is 21.2.